The van der Waals surface area contributed by atoms with Gasteiger partial charge in [-0.25, -0.2) is 0 Å². The molecule has 2 aromatic rings. The summed E-state index contributed by atoms with van der Waals surface area (Å²) in [4.78, 5) is 26.0. The van der Waals surface area contributed by atoms with Crippen LogP contribution in [0.5, 0.6) is 5.75 Å². The minimum Gasteiger partial charge on any atom is -0.495 e. The highest BCUT2D eigenvalue weighted by Gasteiger charge is 2.20. The minimum atomic E-state index is -0.259. The number of hydrogen-bond donors (Lipinski definition) is 1. The van der Waals surface area contributed by atoms with E-state index in [1.54, 1.807) is 13.2 Å². The molecule has 0 saturated carbocycles. The molecule has 132 valence electrons. The number of carbonyl (C=O) groups excluding carboxylic acids is 2. The molecule has 0 saturated heterocycles. The number of benzene rings is 2. The zero-order chi connectivity index (χ0) is 18.6. The zero-order valence-corrected chi connectivity index (χ0v) is 15.3. The first kappa shape index (κ1) is 18.5. The second-order valence-electron chi connectivity index (χ2n) is 6.15. The molecule has 2 amide bonds. The highest BCUT2D eigenvalue weighted by atomic mass is 16.5. The molecule has 25 heavy (non-hydrogen) atoms. The van der Waals surface area contributed by atoms with Gasteiger partial charge in [0.25, 0.3) is 0 Å². The van der Waals surface area contributed by atoms with Crippen LogP contribution in [-0.4, -0.2) is 25.5 Å². The Hall–Kier alpha value is -2.82. The van der Waals surface area contributed by atoms with Crippen molar-refractivity contribution in [3.63, 3.8) is 0 Å². The summed E-state index contributed by atoms with van der Waals surface area (Å²) in [5.74, 6) is 0.0745. The fraction of sp³-hybridized carbons (Fsp3) is 0.300. The van der Waals surface area contributed by atoms with Crippen molar-refractivity contribution >= 4 is 23.2 Å². The number of anilines is 2. The predicted octanol–water partition coefficient (Wildman–Crippen LogP) is 3.61. The average Bonchev–Trinajstić information content (AvgIpc) is 2.55. The summed E-state index contributed by atoms with van der Waals surface area (Å²) in [5, 5.41) is 2.87. The van der Waals surface area contributed by atoms with Crippen molar-refractivity contribution in [1.82, 2.24) is 0 Å². The van der Waals surface area contributed by atoms with Gasteiger partial charge in [0.05, 0.1) is 12.8 Å². The lowest BCUT2D eigenvalue weighted by atomic mass is 10.1. The number of carbonyl (C=O) groups is 2. The van der Waals surface area contributed by atoms with Gasteiger partial charge in [-0.15, -0.1) is 0 Å². The summed E-state index contributed by atoms with van der Waals surface area (Å²) in [6.07, 6.45) is 0. The molecule has 0 aliphatic carbocycles. The van der Waals surface area contributed by atoms with Crippen LogP contribution in [0.3, 0.4) is 0 Å². The quantitative estimate of drug-likeness (QED) is 0.904. The summed E-state index contributed by atoms with van der Waals surface area (Å²) < 4.78 is 5.34. The van der Waals surface area contributed by atoms with Gasteiger partial charge in [-0.2, -0.15) is 0 Å². The first-order valence-electron chi connectivity index (χ1n) is 8.11. The molecule has 0 unspecified atom stereocenters. The molecule has 0 aliphatic rings. The van der Waals surface area contributed by atoms with Crippen LogP contribution >= 0.6 is 0 Å². The van der Waals surface area contributed by atoms with E-state index in [1.165, 1.54) is 11.8 Å². The smallest absolute Gasteiger partial charge is 0.244 e. The Morgan fingerprint density at radius 1 is 1.04 bits per heavy atom. The van der Waals surface area contributed by atoms with E-state index in [2.05, 4.69) is 5.32 Å². The van der Waals surface area contributed by atoms with Gasteiger partial charge >= 0.3 is 0 Å². The summed E-state index contributed by atoms with van der Waals surface area (Å²) in [6.45, 7) is 7.22. The number of hydrogen-bond acceptors (Lipinski definition) is 3. The van der Waals surface area contributed by atoms with Gasteiger partial charge in [0.1, 0.15) is 12.3 Å². The van der Waals surface area contributed by atoms with Crippen molar-refractivity contribution < 1.29 is 14.3 Å². The van der Waals surface area contributed by atoms with Crippen molar-refractivity contribution in [1.29, 1.82) is 0 Å². The lowest BCUT2D eigenvalue weighted by molar-refractivity contribution is -0.120. The fourth-order valence-electron chi connectivity index (χ4n) is 2.66. The van der Waals surface area contributed by atoms with Gasteiger partial charge in [0, 0.05) is 12.6 Å². The zero-order valence-electron chi connectivity index (χ0n) is 15.3. The molecule has 0 aromatic heterocycles. The number of nitrogens with one attached hydrogen (secondary N) is 1. The Morgan fingerprint density at radius 2 is 1.68 bits per heavy atom. The van der Waals surface area contributed by atoms with E-state index in [0.29, 0.717) is 11.4 Å². The molecule has 0 bridgehead atoms. The van der Waals surface area contributed by atoms with Crippen molar-refractivity contribution in [2.24, 2.45) is 0 Å². The summed E-state index contributed by atoms with van der Waals surface area (Å²) in [6, 6.07) is 11.3. The summed E-state index contributed by atoms with van der Waals surface area (Å²) in [7, 11) is 1.54. The summed E-state index contributed by atoms with van der Waals surface area (Å²) in [5.41, 5.74) is 4.43. The van der Waals surface area contributed by atoms with Crippen LogP contribution < -0.4 is 15.0 Å². The monoisotopic (exact) mass is 340 g/mol. The molecule has 5 nitrogen and oxygen atoms in total. The van der Waals surface area contributed by atoms with E-state index >= 15 is 0 Å². The maximum atomic E-state index is 12.5. The molecule has 0 heterocycles. The highest BCUT2D eigenvalue weighted by molar-refractivity contribution is 6.02. The fourth-order valence-corrected chi connectivity index (χ4v) is 2.66. The van der Waals surface area contributed by atoms with E-state index in [-0.39, 0.29) is 18.4 Å². The molecule has 0 radical (unpaired) electrons. The Bertz CT molecular complexity index is 800. The molecule has 0 spiro atoms. The Balaban J connectivity index is 2.23. The molecule has 5 heteroatoms. The lowest BCUT2D eigenvalue weighted by Crippen LogP contribution is -2.37. The van der Waals surface area contributed by atoms with Crippen molar-refractivity contribution in [2.75, 3.05) is 23.9 Å². The number of ether oxygens (including phenoxy) is 1. The van der Waals surface area contributed by atoms with Crippen LogP contribution in [0.1, 0.15) is 23.6 Å². The largest absolute Gasteiger partial charge is 0.495 e. The molecule has 1 N–H and O–H groups in total. The molecule has 2 rings (SSSR count). The van der Waals surface area contributed by atoms with Gasteiger partial charge in [0.15, 0.2) is 0 Å². The first-order chi connectivity index (χ1) is 11.8. The first-order valence-corrected chi connectivity index (χ1v) is 8.11. The number of amides is 2. The van der Waals surface area contributed by atoms with Crippen molar-refractivity contribution in [3.05, 3.63) is 53.1 Å². The van der Waals surface area contributed by atoms with Gasteiger partial charge in [-0.05, 0) is 50.1 Å². The standard InChI is InChI=1S/C20H24N2O3/c1-13-6-8-17(15(3)10-13)21-20(24)12-22(16(4)23)18-11-14(2)7-9-19(18)25-5/h6-11H,12H2,1-5H3,(H,21,24). The van der Waals surface area contributed by atoms with Crippen LogP contribution in [0.2, 0.25) is 0 Å². The number of rotatable bonds is 5. The maximum absolute atomic E-state index is 12.5. The summed E-state index contributed by atoms with van der Waals surface area (Å²) >= 11 is 0. The van der Waals surface area contributed by atoms with E-state index in [4.69, 9.17) is 4.74 Å². The number of methoxy groups -OCH3 is 1. The molecule has 0 atom stereocenters. The third kappa shape index (κ3) is 4.59. The third-order valence-electron chi connectivity index (χ3n) is 3.96. The molecular formula is C20H24N2O3. The molecule has 0 fully saturated rings. The van der Waals surface area contributed by atoms with Crippen molar-refractivity contribution in [2.45, 2.75) is 27.7 Å². The van der Waals surface area contributed by atoms with Crippen LogP contribution in [0, 0.1) is 20.8 Å². The molecule has 0 aliphatic heterocycles. The Morgan fingerprint density at radius 3 is 2.28 bits per heavy atom. The van der Waals surface area contributed by atoms with Crippen LogP contribution in [0.4, 0.5) is 11.4 Å². The van der Waals surface area contributed by atoms with E-state index in [0.717, 1.165) is 22.4 Å². The minimum absolute atomic E-state index is 0.0809. The maximum Gasteiger partial charge on any atom is 0.244 e. The van der Waals surface area contributed by atoms with Gasteiger partial charge in [-0.1, -0.05) is 23.8 Å². The number of aryl methyl sites for hydroxylation is 3. The van der Waals surface area contributed by atoms with Gasteiger partial charge in [-0.3, -0.25) is 14.5 Å². The van der Waals surface area contributed by atoms with Gasteiger partial charge < -0.3 is 10.1 Å². The highest BCUT2D eigenvalue weighted by Crippen LogP contribution is 2.29. The normalized spacial score (nSPS) is 10.3. The van der Waals surface area contributed by atoms with Gasteiger partial charge in [0.2, 0.25) is 11.8 Å². The lowest BCUT2D eigenvalue weighted by Gasteiger charge is -2.23. The molecule has 2 aromatic carbocycles. The Kier molecular flexibility index (Phi) is 5.80. The predicted molar refractivity (Wildman–Crippen MR) is 100 cm³/mol. The van der Waals surface area contributed by atoms with Crippen LogP contribution in [0.25, 0.3) is 0 Å². The average molecular weight is 340 g/mol. The van der Waals surface area contributed by atoms with Crippen LogP contribution in [0.15, 0.2) is 36.4 Å². The second-order valence-corrected chi connectivity index (χ2v) is 6.15. The Labute approximate surface area is 148 Å². The van der Waals surface area contributed by atoms with Crippen LogP contribution in [-0.2, 0) is 9.59 Å². The van der Waals surface area contributed by atoms with E-state index in [9.17, 15) is 9.59 Å². The molecular weight excluding hydrogens is 316 g/mol. The second kappa shape index (κ2) is 7.83. The van der Waals surface area contributed by atoms with E-state index < -0.39 is 0 Å². The number of nitrogens with zero attached hydrogens (tertiary/aromatic N) is 1. The third-order valence-corrected chi connectivity index (χ3v) is 3.96. The van der Waals surface area contributed by atoms with Crippen molar-refractivity contribution in [3.8, 4) is 5.75 Å². The van der Waals surface area contributed by atoms with E-state index in [1.807, 2.05) is 51.1 Å². The topological polar surface area (TPSA) is 58.6 Å². The SMILES string of the molecule is COc1ccc(C)cc1N(CC(=O)Nc1ccc(C)cc1C)C(C)=O.